The quantitative estimate of drug-likeness (QED) is 0.355. The summed E-state index contributed by atoms with van der Waals surface area (Å²) in [5.74, 6) is -1.66. The molecule has 1 fully saturated rings. The minimum absolute atomic E-state index is 0.0294. The van der Waals surface area contributed by atoms with E-state index in [1.54, 1.807) is 38.1 Å². The van der Waals surface area contributed by atoms with Gasteiger partial charge in [-0.1, -0.05) is 38.1 Å². The molecule has 2 aromatic carbocycles. The molecule has 0 atom stereocenters. The Hall–Kier alpha value is -3.12. The number of benzene rings is 2. The number of esters is 1. The first kappa shape index (κ1) is 23.5. The molecule has 32 heavy (non-hydrogen) atoms. The molecule has 0 unspecified atom stereocenters. The number of carbonyl (C=O) groups is 2. The van der Waals surface area contributed by atoms with Crippen LogP contribution in [0.2, 0.25) is 0 Å². The van der Waals surface area contributed by atoms with Gasteiger partial charge in [0.25, 0.3) is 5.91 Å². The van der Waals surface area contributed by atoms with Crippen molar-refractivity contribution in [2.75, 3.05) is 17.1 Å². The Labute approximate surface area is 186 Å². The number of para-hydroxylation sites is 1. The topological polar surface area (TPSA) is 136 Å². The molecule has 1 amide bonds. The van der Waals surface area contributed by atoms with E-state index in [2.05, 4.69) is 0 Å². The first-order valence-corrected chi connectivity index (χ1v) is 12.8. The fourth-order valence-electron chi connectivity index (χ4n) is 2.96. The van der Waals surface area contributed by atoms with Crippen LogP contribution >= 0.6 is 0 Å². The lowest BCUT2D eigenvalue weighted by molar-refractivity contribution is -0.137. The second-order valence-electron chi connectivity index (χ2n) is 7.49. The van der Waals surface area contributed by atoms with Gasteiger partial charge in [0.15, 0.2) is 5.75 Å². The van der Waals surface area contributed by atoms with Crippen LogP contribution in [0.4, 0.5) is 5.69 Å². The molecular weight excluding hydrogens is 460 g/mol. The van der Waals surface area contributed by atoms with Crippen LogP contribution < -0.4 is 17.9 Å². The van der Waals surface area contributed by atoms with E-state index < -0.39 is 44.7 Å². The molecule has 12 heteroatoms. The largest absolute Gasteiger partial charge is 0.424 e. The number of nitrogens with zero attached hydrogens (tertiary/aromatic N) is 1. The third-order valence-electron chi connectivity index (χ3n) is 4.40. The third kappa shape index (κ3) is 5.56. The molecule has 172 valence electrons. The molecule has 0 radical (unpaired) electrons. The SMILES string of the molecule is CC(C)C(=O)Oc1cc(Cc2ccccc2OS(C)(=O)=O)ccc1N1CC(=O)NS1(=O)=O. The average Bonchev–Trinajstić information content (AvgIpc) is 2.94. The van der Waals surface area contributed by atoms with Gasteiger partial charge in [-0.15, -0.1) is 0 Å². The molecule has 0 aromatic heterocycles. The van der Waals surface area contributed by atoms with Crippen LogP contribution in [0.25, 0.3) is 0 Å². The summed E-state index contributed by atoms with van der Waals surface area (Å²) in [6.07, 6.45) is 1.15. The molecule has 1 heterocycles. The number of amides is 1. The van der Waals surface area contributed by atoms with Gasteiger partial charge >= 0.3 is 26.3 Å². The molecule has 1 aliphatic rings. The third-order valence-corrected chi connectivity index (χ3v) is 6.28. The minimum Gasteiger partial charge on any atom is -0.424 e. The number of hydrogen-bond donors (Lipinski definition) is 1. The van der Waals surface area contributed by atoms with E-state index in [0.717, 1.165) is 10.6 Å². The summed E-state index contributed by atoms with van der Waals surface area (Å²) in [7, 11) is -7.85. The fourth-order valence-corrected chi connectivity index (χ4v) is 4.61. The van der Waals surface area contributed by atoms with Gasteiger partial charge in [0.05, 0.1) is 17.9 Å². The predicted octanol–water partition coefficient (Wildman–Crippen LogP) is 1.36. The van der Waals surface area contributed by atoms with Crippen LogP contribution in [-0.2, 0) is 36.3 Å². The van der Waals surface area contributed by atoms with Gasteiger partial charge in [0.1, 0.15) is 12.3 Å². The molecule has 0 bridgehead atoms. The van der Waals surface area contributed by atoms with Gasteiger partial charge in [-0.3, -0.25) is 9.59 Å². The van der Waals surface area contributed by atoms with Gasteiger partial charge in [-0.05, 0) is 23.8 Å². The van der Waals surface area contributed by atoms with Crippen molar-refractivity contribution in [2.45, 2.75) is 20.3 Å². The number of nitrogens with one attached hydrogen (secondary N) is 1. The van der Waals surface area contributed by atoms with E-state index in [0.29, 0.717) is 11.1 Å². The minimum atomic E-state index is -4.11. The van der Waals surface area contributed by atoms with Crippen molar-refractivity contribution >= 4 is 37.9 Å². The lowest BCUT2D eigenvalue weighted by Crippen LogP contribution is -2.30. The highest BCUT2D eigenvalue weighted by atomic mass is 32.2. The number of ether oxygens (including phenoxy) is 1. The summed E-state index contributed by atoms with van der Waals surface area (Å²) >= 11 is 0. The van der Waals surface area contributed by atoms with E-state index in [1.165, 1.54) is 18.2 Å². The maximum atomic E-state index is 12.3. The van der Waals surface area contributed by atoms with E-state index in [9.17, 15) is 26.4 Å². The first-order chi connectivity index (χ1) is 14.9. The molecule has 2 aromatic rings. The van der Waals surface area contributed by atoms with Crippen molar-refractivity contribution in [3.8, 4) is 11.5 Å². The Balaban J connectivity index is 2.01. The first-order valence-electron chi connectivity index (χ1n) is 9.51. The maximum Gasteiger partial charge on any atom is 0.326 e. The zero-order chi connectivity index (χ0) is 23.7. The molecule has 0 aliphatic carbocycles. The van der Waals surface area contributed by atoms with Gasteiger partial charge in [0.2, 0.25) is 0 Å². The normalized spacial score (nSPS) is 15.5. The molecule has 10 nitrogen and oxygen atoms in total. The van der Waals surface area contributed by atoms with Crippen molar-refractivity contribution < 1.29 is 35.3 Å². The van der Waals surface area contributed by atoms with E-state index >= 15 is 0 Å². The predicted molar refractivity (Wildman–Crippen MR) is 116 cm³/mol. The van der Waals surface area contributed by atoms with E-state index in [-0.39, 0.29) is 23.6 Å². The van der Waals surface area contributed by atoms with Crippen molar-refractivity contribution in [1.29, 1.82) is 0 Å². The smallest absolute Gasteiger partial charge is 0.326 e. The van der Waals surface area contributed by atoms with E-state index in [4.69, 9.17) is 8.92 Å². The summed E-state index contributed by atoms with van der Waals surface area (Å²) in [4.78, 5) is 23.9. The highest BCUT2D eigenvalue weighted by Crippen LogP contribution is 2.34. The number of carbonyl (C=O) groups excluding carboxylic acids is 2. The Bertz CT molecular complexity index is 1270. The fraction of sp³-hybridized carbons (Fsp3) is 0.300. The van der Waals surface area contributed by atoms with Crippen LogP contribution in [0.3, 0.4) is 0 Å². The number of hydrogen-bond acceptors (Lipinski definition) is 8. The molecule has 1 N–H and O–H groups in total. The summed E-state index contributed by atoms with van der Waals surface area (Å²) in [6, 6.07) is 11.0. The average molecular weight is 483 g/mol. The molecule has 1 aliphatic heterocycles. The Morgan fingerprint density at radius 1 is 1.16 bits per heavy atom. The van der Waals surface area contributed by atoms with Crippen LogP contribution in [0.1, 0.15) is 25.0 Å². The number of anilines is 1. The monoisotopic (exact) mass is 482 g/mol. The molecular formula is C20H22N2O8S2. The summed E-state index contributed by atoms with van der Waals surface area (Å²) < 4.78 is 60.8. The maximum absolute atomic E-state index is 12.3. The summed E-state index contributed by atoms with van der Waals surface area (Å²) in [6.45, 7) is 2.81. The number of rotatable bonds is 7. The van der Waals surface area contributed by atoms with Gasteiger partial charge in [-0.25, -0.2) is 9.03 Å². The Morgan fingerprint density at radius 3 is 2.44 bits per heavy atom. The van der Waals surface area contributed by atoms with Crippen LogP contribution in [0.5, 0.6) is 11.5 Å². The highest BCUT2D eigenvalue weighted by Gasteiger charge is 2.36. The summed E-state index contributed by atoms with van der Waals surface area (Å²) in [5.41, 5.74) is 1.18. The van der Waals surface area contributed by atoms with Crippen molar-refractivity contribution in [1.82, 2.24) is 4.72 Å². The van der Waals surface area contributed by atoms with Gasteiger partial charge in [0, 0.05) is 12.0 Å². The van der Waals surface area contributed by atoms with Gasteiger partial charge < -0.3 is 8.92 Å². The van der Waals surface area contributed by atoms with Crippen LogP contribution in [0.15, 0.2) is 42.5 Å². The van der Waals surface area contributed by atoms with E-state index in [1.807, 2.05) is 4.72 Å². The lowest BCUT2D eigenvalue weighted by Gasteiger charge is -2.20. The van der Waals surface area contributed by atoms with Crippen LogP contribution in [0, 0.1) is 5.92 Å². The molecule has 3 rings (SSSR count). The zero-order valence-electron chi connectivity index (χ0n) is 17.6. The summed E-state index contributed by atoms with van der Waals surface area (Å²) in [5, 5.41) is 0. The molecule has 0 saturated carbocycles. The Kier molecular flexibility index (Phi) is 6.46. The second kappa shape index (κ2) is 8.79. The Morgan fingerprint density at radius 2 is 1.84 bits per heavy atom. The lowest BCUT2D eigenvalue weighted by atomic mass is 10.0. The molecule has 0 spiro atoms. The highest BCUT2D eigenvalue weighted by molar-refractivity contribution is 7.92. The second-order valence-corrected chi connectivity index (χ2v) is 10.7. The van der Waals surface area contributed by atoms with Crippen molar-refractivity contribution in [3.63, 3.8) is 0 Å². The standard InChI is InChI=1S/C20H22N2O8S2/c1-13(2)20(24)29-18-11-14(8-9-16(18)22-12-19(23)21-32(22,27)28)10-15-6-4-5-7-17(15)30-31(3,25)26/h4-9,11,13H,10,12H2,1-3H3,(H,21,23). The molecule has 1 saturated heterocycles. The van der Waals surface area contributed by atoms with Crippen molar-refractivity contribution in [2.24, 2.45) is 5.92 Å². The van der Waals surface area contributed by atoms with Crippen molar-refractivity contribution in [3.05, 3.63) is 53.6 Å². The zero-order valence-corrected chi connectivity index (χ0v) is 19.2. The van der Waals surface area contributed by atoms with Crippen LogP contribution in [-0.4, -0.2) is 41.5 Å². The van der Waals surface area contributed by atoms with Gasteiger partial charge in [-0.2, -0.15) is 16.8 Å².